The summed E-state index contributed by atoms with van der Waals surface area (Å²) < 4.78 is 0.956. The highest BCUT2D eigenvalue weighted by atomic mass is 79.9. The molecule has 1 N–H and O–H groups in total. The summed E-state index contributed by atoms with van der Waals surface area (Å²) in [4.78, 5) is 31.6. The molecule has 0 aliphatic carbocycles. The van der Waals surface area contributed by atoms with Crippen molar-refractivity contribution in [2.75, 3.05) is 0 Å². The van der Waals surface area contributed by atoms with Crippen molar-refractivity contribution in [1.29, 1.82) is 0 Å². The molecule has 96 valence electrons. The summed E-state index contributed by atoms with van der Waals surface area (Å²) >= 11 is 3.39. The van der Waals surface area contributed by atoms with Gasteiger partial charge in [0.05, 0.1) is 11.4 Å². The lowest BCUT2D eigenvalue weighted by atomic mass is 9.97. The van der Waals surface area contributed by atoms with Gasteiger partial charge in [-0.15, -0.1) is 0 Å². The minimum Gasteiger partial charge on any atom is -0.296 e. The molecule has 1 aromatic carbocycles. The summed E-state index contributed by atoms with van der Waals surface area (Å²) in [6.45, 7) is 0. The molecule has 1 saturated heterocycles. The second-order valence-electron chi connectivity index (χ2n) is 4.44. The number of hydrogen-bond acceptors (Lipinski definition) is 4. The van der Waals surface area contributed by atoms with Crippen molar-refractivity contribution in [2.45, 2.75) is 18.8 Å². The molecule has 0 bridgehead atoms. The fourth-order valence-electron chi connectivity index (χ4n) is 2.13. The van der Waals surface area contributed by atoms with Crippen molar-refractivity contribution in [3.63, 3.8) is 0 Å². The average Bonchev–Trinajstić information content (AvgIpc) is 2.38. The van der Waals surface area contributed by atoms with Crippen molar-refractivity contribution >= 4 is 38.6 Å². The number of piperidine rings is 1. The lowest BCUT2D eigenvalue weighted by molar-refractivity contribution is -0.134. The summed E-state index contributed by atoms with van der Waals surface area (Å²) in [5.41, 5.74) is 0.790. The van der Waals surface area contributed by atoms with Gasteiger partial charge < -0.3 is 0 Å². The fraction of sp³-hybridized carbons (Fsp3) is 0.231. The van der Waals surface area contributed by atoms with Crippen LogP contribution in [0, 0.1) is 0 Å². The Bertz CT molecular complexity index is 687. The van der Waals surface area contributed by atoms with Gasteiger partial charge in [-0.05, 0) is 24.6 Å². The third-order valence-corrected chi connectivity index (χ3v) is 3.60. The lowest BCUT2D eigenvalue weighted by Gasteiger charge is -2.19. The molecule has 1 aliphatic heterocycles. The van der Waals surface area contributed by atoms with Crippen LogP contribution in [0.25, 0.3) is 10.9 Å². The monoisotopic (exact) mass is 319 g/mol. The first kappa shape index (κ1) is 12.2. The van der Waals surface area contributed by atoms with Crippen LogP contribution in [0.3, 0.4) is 0 Å². The first-order valence-corrected chi connectivity index (χ1v) is 6.69. The second kappa shape index (κ2) is 4.70. The van der Waals surface area contributed by atoms with E-state index in [1.54, 1.807) is 6.20 Å². The maximum atomic E-state index is 11.8. The van der Waals surface area contributed by atoms with Crippen molar-refractivity contribution < 1.29 is 9.59 Å². The normalized spacial score (nSPS) is 19.5. The van der Waals surface area contributed by atoms with E-state index < -0.39 is 5.92 Å². The van der Waals surface area contributed by atoms with Gasteiger partial charge in [-0.3, -0.25) is 14.9 Å². The Kier molecular flexibility index (Phi) is 3.02. The topological polar surface area (TPSA) is 72.0 Å². The van der Waals surface area contributed by atoms with E-state index in [1.165, 1.54) is 0 Å². The number of halogens is 1. The number of carbonyl (C=O) groups is 2. The summed E-state index contributed by atoms with van der Waals surface area (Å²) in [5.74, 6) is -0.510. The number of carbonyl (C=O) groups excluding carboxylic acids is 2. The zero-order valence-electron chi connectivity index (χ0n) is 9.89. The molecule has 1 aliphatic rings. The number of nitrogens with zero attached hydrogens (tertiary/aromatic N) is 2. The van der Waals surface area contributed by atoms with Crippen molar-refractivity contribution in [2.24, 2.45) is 0 Å². The first-order valence-electron chi connectivity index (χ1n) is 5.89. The number of hydrogen-bond donors (Lipinski definition) is 1. The fourth-order valence-corrected chi connectivity index (χ4v) is 2.51. The van der Waals surface area contributed by atoms with Gasteiger partial charge in [0.1, 0.15) is 5.82 Å². The van der Waals surface area contributed by atoms with Gasteiger partial charge in [-0.25, -0.2) is 9.97 Å². The molecule has 3 rings (SSSR count). The predicted molar refractivity (Wildman–Crippen MR) is 72.4 cm³/mol. The quantitative estimate of drug-likeness (QED) is 0.815. The van der Waals surface area contributed by atoms with Gasteiger partial charge in [0.2, 0.25) is 11.8 Å². The van der Waals surface area contributed by atoms with Gasteiger partial charge in [0.25, 0.3) is 0 Å². The van der Waals surface area contributed by atoms with Gasteiger partial charge in [0.15, 0.2) is 0 Å². The van der Waals surface area contributed by atoms with Crippen LogP contribution in [0.4, 0.5) is 0 Å². The van der Waals surface area contributed by atoms with Crippen LogP contribution in [-0.4, -0.2) is 21.8 Å². The molecular weight excluding hydrogens is 310 g/mol. The molecule has 1 unspecified atom stereocenters. The number of aromatic nitrogens is 2. The van der Waals surface area contributed by atoms with E-state index in [2.05, 4.69) is 31.2 Å². The standard InChI is InChI=1S/C13H10BrN3O2/c14-8-1-3-10-7(5-8)6-15-12(16-10)9-2-4-11(18)17-13(9)19/h1,3,5-6,9H,2,4H2,(H,17,18,19). The van der Waals surface area contributed by atoms with Gasteiger partial charge in [0, 0.05) is 22.5 Å². The molecule has 2 amide bonds. The number of amides is 2. The van der Waals surface area contributed by atoms with Crippen LogP contribution in [0.15, 0.2) is 28.9 Å². The summed E-state index contributed by atoms with van der Waals surface area (Å²) in [6.07, 6.45) is 2.50. The molecule has 19 heavy (non-hydrogen) atoms. The van der Waals surface area contributed by atoms with Crippen molar-refractivity contribution in [3.8, 4) is 0 Å². The zero-order valence-corrected chi connectivity index (χ0v) is 11.5. The van der Waals surface area contributed by atoms with E-state index >= 15 is 0 Å². The SMILES string of the molecule is O=C1CCC(c2ncc3cc(Br)ccc3n2)C(=O)N1. The van der Waals surface area contributed by atoms with E-state index in [0.29, 0.717) is 18.7 Å². The van der Waals surface area contributed by atoms with Crippen LogP contribution in [-0.2, 0) is 9.59 Å². The highest BCUT2D eigenvalue weighted by Crippen LogP contribution is 2.24. The minimum absolute atomic E-state index is 0.231. The zero-order chi connectivity index (χ0) is 13.4. The average molecular weight is 320 g/mol. The van der Waals surface area contributed by atoms with E-state index in [9.17, 15) is 9.59 Å². The van der Waals surface area contributed by atoms with Gasteiger partial charge in [-0.1, -0.05) is 15.9 Å². The number of nitrogens with one attached hydrogen (secondary N) is 1. The molecule has 0 spiro atoms. The van der Waals surface area contributed by atoms with Crippen LogP contribution < -0.4 is 5.32 Å². The Balaban J connectivity index is 1.99. The van der Waals surface area contributed by atoms with Crippen LogP contribution in [0.5, 0.6) is 0 Å². The first-order chi connectivity index (χ1) is 9.13. The number of rotatable bonds is 1. The van der Waals surface area contributed by atoms with Crippen molar-refractivity contribution in [3.05, 3.63) is 34.7 Å². The molecule has 2 aromatic rings. The highest BCUT2D eigenvalue weighted by Gasteiger charge is 2.30. The number of imide groups is 1. The Hall–Kier alpha value is -1.82. The van der Waals surface area contributed by atoms with E-state index in [1.807, 2.05) is 18.2 Å². The highest BCUT2D eigenvalue weighted by molar-refractivity contribution is 9.10. The molecule has 1 atom stereocenters. The van der Waals surface area contributed by atoms with E-state index in [-0.39, 0.29) is 11.8 Å². The Labute approximate surface area is 117 Å². The summed E-state index contributed by atoms with van der Waals surface area (Å²) in [5, 5.41) is 3.23. The molecule has 1 aromatic heterocycles. The third kappa shape index (κ3) is 2.35. The van der Waals surface area contributed by atoms with E-state index in [4.69, 9.17) is 0 Å². The molecule has 0 saturated carbocycles. The number of benzene rings is 1. The Morgan fingerprint density at radius 2 is 2.16 bits per heavy atom. The molecule has 2 heterocycles. The largest absolute Gasteiger partial charge is 0.296 e. The van der Waals surface area contributed by atoms with E-state index in [0.717, 1.165) is 15.4 Å². The second-order valence-corrected chi connectivity index (χ2v) is 5.35. The number of fused-ring (bicyclic) bond motifs is 1. The molecule has 0 radical (unpaired) electrons. The maximum Gasteiger partial charge on any atom is 0.237 e. The summed E-state index contributed by atoms with van der Waals surface area (Å²) in [6, 6.07) is 5.68. The van der Waals surface area contributed by atoms with Gasteiger partial charge >= 0.3 is 0 Å². The lowest BCUT2D eigenvalue weighted by Crippen LogP contribution is -2.40. The smallest absolute Gasteiger partial charge is 0.237 e. The summed E-state index contributed by atoms with van der Waals surface area (Å²) in [7, 11) is 0. The minimum atomic E-state index is -0.439. The molecule has 5 nitrogen and oxygen atoms in total. The Morgan fingerprint density at radius 1 is 1.32 bits per heavy atom. The molecule has 6 heteroatoms. The Morgan fingerprint density at radius 3 is 2.95 bits per heavy atom. The van der Waals surface area contributed by atoms with Crippen molar-refractivity contribution in [1.82, 2.24) is 15.3 Å². The van der Waals surface area contributed by atoms with Gasteiger partial charge in [-0.2, -0.15) is 0 Å². The molecular formula is C13H10BrN3O2. The van der Waals surface area contributed by atoms with Crippen LogP contribution in [0.1, 0.15) is 24.6 Å². The predicted octanol–water partition coefficient (Wildman–Crippen LogP) is 1.91. The van der Waals surface area contributed by atoms with Crippen LogP contribution in [0.2, 0.25) is 0 Å². The maximum absolute atomic E-state index is 11.8. The van der Waals surface area contributed by atoms with Crippen LogP contribution >= 0.6 is 15.9 Å². The molecule has 1 fully saturated rings. The third-order valence-electron chi connectivity index (χ3n) is 3.11.